The standard InChI is InChI=1S/C66H70N4O/c1-62(2,3)46-27-22-28-49(35-46)68-43-69(60-42-56(66(12,13)45-25-18-15-19-26-45)55(41-59(60)68)65(10,11)44-23-16-14-17-24-44)50-36-48(64(7,8)9)37-52(39-50)71-51-31-32-54-53-29-20-21-30-57(53)70(58(54)40-51)61-38-47(33-34-67-61)63(4,5)6/h14-42H,43H2,1-13H3. The van der Waals surface area contributed by atoms with Crippen molar-refractivity contribution in [3.05, 3.63) is 215 Å². The SMILES string of the molecule is CC(C)(C)c1cccc(N2CN(c3cc(Oc4ccc5c6ccccc6n(-c6cc(C(C)(C)C)ccn6)c5c4)cc(C(C)(C)C)c3)c3cc(C(C)(C)c4ccccc4)c(C(C)(C)c4ccccc4)cc32)c1. The first-order chi connectivity index (χ1) is 33.6. The first-order valence-electron chi connectivity index (χ1n) is 25.4. The fraction of sp³-hybridized carbons (Fsp3) is 0.288. The van der Waals surface area contributed by atoms with Crippen molar-refractivity contribution in [2.24, 2.45) is 0 Å². The monoisotopic (exact) mass is 935 g/mol. The molecule has 0 saturated heterocycles. The Balaban J connectivity index is 1.16. The summed E-state index contributed by atoms with van der Waals surface area (Å²) in [5, 5.41) is 2.35. The number of anilines is 4. The number of nitrogens with zero attached hydrogens (tertiary/aromatic N) is 4. The molecule has 0 spiro atoms. The molecule has 3 heterocycles. The molecule has 1 aliphatic rings. The highest BCUT2D eigenvalue weighted by molar-refractivity contribution is 6.09. The van der Waals surface area contributed by atoms with Crippen LogP contribution in [0, 0.1) is 0 Å². The summed E-state index contributed by atoms with van der Waals surface area (Å²) in [5.74, 6) is 2.46. The van der Waals surface area contributed by atoms with E-state index in [-0.39, 0.29) is 27.1 Å². The third-order valence-corrected chi connectivity index (χ3v) is 15.1. The highest BCUT2D eigenvalue weighted by Gasteiger charge is 2.39. The number of benzene rings is 7. The average molecular weight is 935 g/mol. The van der Waals surface area contributed by atoms with E-state index in [1.54, 1.807) is 0 Å². The smallest absolute Gasteiger partial charge is 0.137 e. The van der Waals surface area contributed by atoms with Crippen LogP contribution >= 0.6 is 0 Å². The maximum atomic E-state index is 7.11. The van der Waals surface area contributed by atoms with Crippen LogP contribution in [0.25, 0.3) is 27.6 Å². The first-order valence-corrected chi connectivity index (χ1v) is 25.4. The average Bonchev–Trinajstić information content (AvgIpc) is 3.89. The third kappa shape index (κ3) is 8.79. The molecule has 10 rings (SSSR count). The molecule has 0 radical (unpaired) electrons. The molecular weight excluding hydrogens is 865 g/mol. The van der Waals surface area contributed by atoms with Gasteiger partial charge in [-0.05, 0) is 122 Å². The van der Waals surface area contributed by atoms with E-state index in [0.29, 0.717) is 6.67 Å². The van der Waals surface area contributed by atoms with Crippen LogP contribution in [0.5, 0.6) is 11.5 Å². The molecule has 0 fully saturated rings. The molecule has 0 saturated carbocycles. The topological polar surface area (TPSA) is 33.5 Å². The molecule has 1 aliphatic heterocycles. The molecule has 9 aromatic rings. The van der Waals surface area contributed by atoms with Crippen molar-refractivity contribution in [1.29, 1.82) is 0 Å². The molecule has 2 aromatic heterocycles. The van der Waals surface area contributed by atoms with Gasteiger partial charge in [-0.25, -0.2) is 4.98 Å². The van der Waals surface area contributed by atoms with E-state index in [2.05, 4.69) is 274 Å². The van der Waals surface area contributed by atoms with Crippen molar-refractivity contribution in [2.75, 3.05) is 16.5 Å². The third-order valence-electron chi connectivity index (χ3n) is 15.1. The van der Waals surface area contributed by atoms with Crippen LogP contribution < -0.4 is 14.5 Å². The molecule has 0 atom stereocenters. The van der Waals surface area contributed by atoms with Crippen molar-refractivity contribution < 1.29 is 4.74 Å². The summed E-state index contributed by atoms with van der Waals surface area (Å²) in [4.78, 5) is 9.99. The van der Waals surface area contributed by atoms with Crippen LogP contribution in [0.3, 0.4) is 0 Å². The van der Waals surface area contributed by atoms with E-state index >= 15 is 0 Å². The second-order valence-electron chi connectivity index (χ2n) is 23.9. The molecule has 5 nitrogen and oxygen atoms in total. The van der Waals surface area contributed by atoms with E-state index in [9.17, 15) is 0 Å². The fourth-order valence-electron chi connectivity index (χ4n) is 10.6. The minimum atomic E-state index is -0.324. The normalized spacial score (nSPS) is 13.6. The van der Waals surface area contributed by atoms with E-state index in [4.69, 9.17) is 9.72 Å². The Kier molecular flexibility index (Phi) is 11.6. The van der Waals surface area contributed by atoms with Crippen LogP contribution in [-0.2, 0) is 27.1 Å². The van der Waals surface area contributed by atoms with E-state index in [1.165, 1.54) is 61.4 Å². The predicted octanol–water partition coefficient (Wildman–Crippen LogP) is 17.8. The van der Waals surface area contributed by atoms with Gasteiger partial charge in [-0.15, -0.1) is 0 Å². The summed E-state index contributed by atoms with van der Waals surface area (Å²) in [7, 11) is 0. The Morgan fingerprint density at radius 3 is 1.52 bits per heavy atom. The highest BCUT2D eigenvalue weighted by Crippen LogP contribution is 2.52. The van der Waals surface area contributed by atoms with Gasteiger partial charge in [0.25, 0.3) is 0 Å². The van der Waals surface area contributed by atoms with Crippen LogP contribution in [0.1, 0.15) is 129 Å². The lowest BCUT2D eigenvalue weighted by Gasteiger charge is -2.36. The Bertz CT molecular complexity index is 3430. The minimum Gasteiger partial charge on any atom is -0.457 e. The van der Waals surface area contributed by atoms with Gasteiger partial charge in [0.1, 0.15) is 24.0 Å². The number of pyridine rings is 1. The molecule has 5 heteroatoms. The molecule has 0 aliphatic carbocycles. The van der Waals surface area contributed by atoms with Crippen molar-refractivity contribution in [3.63, 3.8) is 0 Å². The zero-order valence-corrected chi connectivity index (χ0v) is 44.1. The number of fused-ring (bicyclic) bond motifs is 4. The number of aromatic nitrogens is 2. The summed E-state index contributed by atoms with van der Waals surface area (Å²) < 4.78 is 9.40. The Hall–Kier alpha value is -7.11. The predicted molar refractivity (Wildman–Crippen MR) is 300 cm³/mol. The van der Waals surface area contributed by atoms with E-state index < -0.39 is 0 Å². The lowest BCUT2D eigenvalue weighted by Crippen LogP contribution is -2.28. The quantitative estimate of drug-likeness (QED) is 0.144. The number of ether oxygens (including phenoxy) is 1. The number of para-hydroxylation sites is 1. The molecule has 0 amide bonds. The number of rotatable bonds is 9. The largest absolute Gasteiger partial charge is 0.457 e. The zero-order chi connectivity index (χ0) is 50.3. The van der Waals surface area contributed by atoms with Gasteiger partial charge in [-0.2, -0.15) is 0 Å². The van der Waals surface area contributed by atoms with Crippen LogP contribution in [-0.4, -0.2) is 16.2 Å². The van der Waals surface area contributed by atoms with Gasteiger partial charge < -0.3 is 14.5 Å². The van der Waals surface area contributed by atoms with Gasteiger partial charge in [0, 0.05) is 51.3 Å². The van der Waals surface area contributed by atoms with Crippen LogP contribution in [0.4, 0.5) is 22.7 Å². The van der Waals surface area contributed by atoms with Gasteiger partial charge >= 0.3 is 0 Å². The van der Waals surface area contributed by atoms with E-state index in [1.807, 2.05) is 6.20 Å². The van der Waals surface area contributed by atoms with Crippen LogP contribution in [0.2, 0.25) is 0 Å². The summed E-state index contributed by atoms with van der Waals surface area (Å²) in [5.41, 5.74) is 14.9. The summed E-state index contributed by atoms with van der Waals surface area (Å²) in [6, 6.07) is 62.5. The fourth-order valence-corrected chi connectivity index (χ4v) is 10.6. The number of hydrogen-bond acceptors (Lipinski definition) is 4. The summed E-state index contributed by atoms with van der Waals surface area (Å²) in [6.07, 6.45) is 1.94. The minimum absolute atomic E-state index is 0.0140. The van der Waals surface area contributed by atoms with Crippen molar-refractivity contribution in [2.45, 2.75) is 117 Å². The van der Waals surface area contributed by atoms with Crippen LogP contribution in [0.15, 0.2) is 176 Å². The first kappa shape index (κ1) is 47.6. The second kappa shape index (κ2) is 17.3. The second-order valence-corrected chi connectivity index (χ2v) is 23.9. The lowest BCUT2D eigenvalue weighted by molar-refractivity contribution is 0.479. The molecule has 0 bridgehead atoms. The van der Waals surface area contributed by atoms with Gasteiger partial charge in [0.2, 0.25) is 0 Å². The Morgan fingerprint density at radius 1 is 0.394 bits per heavy atom. The Morgan fingerprint density at radius 2 is 0.915 bits per heavy atom. The molecule has 7 aromatic carbocycles. The highest BCUT2D eigenvalue weighted by atomic mass is 16.5. The molecular formula is C66H70N4O. The van der Waals surface area contributed by atoms with Crippen molar-refractivity contribution in [1.82, 2.24) is 9.55 Å². The number of hydrogen-bond donors (Lipinski definition) is 0. The van der Waals surface area contributed by atoms with Crippen molar-refractivity contribution >= 4 is 44.6 Å². The van der Waals surface area contributed by atoms with Gasteiger partial charge in [-0.3, -0.25) is 4.57 Å². The molecule has 0 N–H and O–H groups in total. The molecule has 0 unspecified atom stereocenters. The maximum Gasteiger partial charge on any atom is 0.137 e. The van der Waals surface area contributed by atoms with Crippen molar-refractivity contribution in [3.8, 4) is 17.3 Å². The lowest BCUT2D eigenvalue weighted by atomic mass is 9.68. The summed E-state index contributed by atoms with van der Waals surface area (Å²) in [6.45, 7) is 30.7. The maximum absolute atomic E-state index is 7.11. The van der Waals surface area contributed by atoms with Gasteiger partial charge in [0.05, 0.1) is 22.4 Å². The molecule has 360 valence electrons. The summed E-state index contributed by atoms with van der Waals surface area (Å²) >= 11 is 0. The molecule has 71 heavy (non-hydrogen) atoms. The van der Waals surface area contributed by atoms with Gasteiger partial charge in [-0.1, -0.05) is 181 Å². The van der Waals surface area contributed by atoms with E-state index in [0.717, 1.165) is 39.4 Å². The zero-order valence-electron chi connectivity index (χ0n) is 44.1. The van der Waals surface area contributed by atoms with Gasteiger partial charge in [0.15, 0.2) is 0 Å². The Labute approximate surface area is 422 Å².